The lowest BCUT2D eigenvalue weighted by molar-refractivity contribution is -0.149. The molecule has 28 heavy (non-hydrogen) atoms. The van der Waals surface area contributed by atoms with Gasteiger partial charge >= 0.3 is 12.4 Å². The number of aromatic nitrogens is 1. The van der Waals surface area contributed by atoms with Crippen molar-refractivity contribution in [2.45, 2.75) is 32.2 Å². The van der Waals surface area contributed by atoms with Gasteiger partial charge in [0.25, 0.3) is 0 Å². The molecule has 0 radical (unpaired) electrons. The molecule has 0 spiro atoms. The van der Waals surface area contributed by atoms with E-state index in [1.807, 2.05) is 38.1 Å². The Labute approximate surface area is 158 Å². The number of hydrogen-bond acceptors (Lipinski definition) is 3. The number of hydrogen-bond donors (Lipinski definition) is 0. The van der Waals surface area contributed by atoms with E-state index in [-0.39, 0.29) is 24.8 Å². The number of halogens is 6. The van der Waals surface area contributed by atoms with E-state index in [9.17, 15) is 26.3 Å². The fourth-order valence-corrected chi connectivity index (χ4v) is 3.44. The third-order valence-corrected chi connectivity index (χ3v) is 4.73. The van der Waals surface area contributed by atoms with Gasteiger partial charge in [-0.1, -0.05) is 12.1 Å². The number of benzene rings is 1. The molecule has 1 unspecified atom stereocenters. The average molecular weight is 403 g/mol. The predicted octanol–water partition coefficient (Wildman–Crippen LogP) is 5.14. The molecule has 0 amide bonds. The average Bonchev–Trinajstić information content (AvgIpc) is 2.59. The van der Waals surface area contributed by atoms with Crippen LogP contribution in [0.3, 0.4) is 0 Å². The van der Waals surface area contributed by atoms with Crippen LogP contribution in [0, 0.1) is 6.92 Å². The van der Waals surface area contributed by atoms with Crippen LogP contribution in [0.15, 0.2) is 36.4 Å². The van der Waals surface area contributed by atoms with E-state index < -0.39 is 23.7 Å². The first-order valence-electron chi connectivity index (χ1n) is 8.70. The smallest absolute Gasteiger partial charge is 0.366 e. The molecule has 152 valence electrons. The zero-order chi connectivity index (χ0) is 20.7. The van der Waals surface area contributed by atoms with Crippen molar-refractivity contribution >= 4 is 11.4 Å². The van der Waals surface area contributed by atoms with Crippen molar-refractivity contribution in [3.05, 3.63) is 53.3 Å². The lowest BCUT2D eigenvalue weighted by Crippen LogP contribution is -2.52. The van der Waals surface area contributed by atoms with Gasteiger partial charge in [0.1, 0.15) is 5.69 Å². The first-order chi connectivity index (χ1) is 13.0. The lowest BCUT2D eigenvalue weighted by atomic mass is 10.1. The van der Waals surface area contributed by atoms with E-state index in [1.165, 1.54) is 4.90 Å². The SMILES string of the molecule is Cc1cccc(N2CCN(c3ccc(C(F)(F)F)nc3C(F)(F)F)CC2C)c1. The highest BCUT2D eigenvalue weighted by Gasteiger charge is 2.41. The minimum Gasteiger partial charge on any atom is -0.366 e. The van der Waals surface area contributed by atoms with E-state index in [1.54, 1.807) is 0 Å². The Hall–Kier alpha value is -2.45. The number of aryl methyl sites for hydroxylation is 1. The Morgan fingerprint density at radius 3 is 2.25 bits per heavy atom. The van der Waals surface area contributed by atoms with Gasteiger partial charge in [-0.3, -0.25) is 0 Å². The fourth-order valence-electron chi connectivity index (χ4n) is 3.44. The van der Waals surface area contributed by atoms with Crippen LogP contribution in [0.5, 0.6) is 0 Å². The highest BCUT2D eigenvalue weighted by molar-refractivity contribution is 5.56. The molecule has 3 nitrogen and oxygen atoms in total. The number of pyridine rings is 1. The molecule has 0 N–H and O–H groups in total. The second kappa shape index (κ2) is 7.18. The number of rotatable bonds is 2. The Morgan fingerprint density at radius 1 is 0.964 bits per heavy atom. The first-order valence-corrected chi connectivity index (χ1v) is 8.70. The molecule has 0 saturated carbocycles. The molecule has 1 aromatic heterocycles. The van der Waals surface area contributed by atoms with E-state index in [0.717, 1.165) is 17.3 Å². The minimum absolute atomic E-state index is 0.126. The summed E-state index contributed by atoms with van der Waals surface area (Å²) in [6.45, 7) is 4.76. The van der Waals surface area contributed by atoms with E-state index >= 15 is 0 Å². The maximum atomic E-state index is 13.4. The van der Waals surface area contributed by atoms with Crippen LogP contribution in [0.1, 0.15) is 23.9 Å². The maximum Gasteiger partial charge on any atom is 0.435 e. The van der Waals surface area contributed by atoms with E-state index in [2.05, 4.69) is 9.88 Å². The van der Waals surface area contributed by atoms with Crippen LogP contribution in [-0.4, -0.2) is 30.7 Å². The summed E-state index contributed by atoms with van der Waals surface area (Å²) >= 11 is 0. The Morgan fingerprint density at radius 2 is 1.68 bits per heavy atom. The summed E-state index contributed by atoms with van der Waals surface area (Å²) in [7, 11) is 0. The van der Waals surface area contributed by atoms with Gasteiger partial charge in [0.15, 0.2) is 5.69 Å². The van der Waals surface area contributed by atoms with Gasteiger partial charge in [-0.25, -0.2) is 4.98 Å². The molecule has 0 bridgehead atoms. The van der Waals surface area contributed by atoms with Gasteiger partial charge < -0.3 is 9.80 Å². The standard InChI is InChI=1S/C19H19F6N3/c1-12-4-3-5-14(10-12)28-9-8-27(11-13(28)2)15-6-7-16(18(20,21)22)26-17(15)19(23,24)25/h3-7,10,13H,8-9,11H2,1-2H3. The number of piperazine rings is 1. The molecular formula is C19H19F6N3. The van der Waals surface area contributed by atoms with Gasteiger partial charge in [0.2, 0.25) is 0 Å². The molecule has 2 heterocycles. The molecule has 9 heteroatoms. The molecule has 0 aliphatic carbocycles. The molecule has 1 aliphatic heterocycles. The molecule has 2 aromatic rings. The Kier molecular flexibility index (Phi) is 5.20. The Bertz CT molecular complexity index is 846. The molecule has 1 fully saturated rings. The molecule has 1 aliphatic rings. The first kappa shape index (κ1) is 20.3. The van der Waals surface area contributed by atoms with Crippen molar-refractivity contribution in [1.82, 2.24) is 4.98 Å². The van der Waals surface area contributed by atoms with Gasteiger partial charge in [0, 0.05) is 31.4 Å². The molecule has 3 rings (SSSR count). The van der Waals surface area contributed by atoms with Crippen molar-refractivity contribution in [3.8, 4) is 0 Å². The van der Waals surface area contributed by atoms with Crippen LogP contribution in [0.4, 0.5) is 37.7 Å². The molecule has 1 aromatic carbocycles. The van der Waals surface area contributed by atoms with Gasteiger partial charge in [-0.15, -0.1) is 0 Å². The second-order valence-electron chi connectivity index (χ2n) is 6.89. The van der Waals surface area contributed by atoms with Gasteiger partial charge in [0.05, 0.1) is 5.69 Å². The number of anilines is 2. The van der Waals surface area contributed by atoms with Gasteiger partial charge in [-0.2, -0.15) is 26.3 Å². The second-order valence-corrected chi connectivity index (χ2v) is 6.89. The van der Waals surface area contributed by atoms with E-state index in [4.69, 9.17) is 0 Å². The molecular weight excluding hydrogens is 384 g/mol. The highest BCUT2D eigenvalue weighted by Crippen LogP contribution is 2.39. The van der Waals surface area contributed by atoms with Crippen molar-refractivity contribution in [2.75, 3.05) is 29.4 Å². The number of nitrogens with zero attached hydrogens (tertiary/aromatic N) is 3. The largest absolute Gasteiger partial charge is 0.435 e. The summed E-state index contributed by atoms with van der Waals surface area (Å²) in [5, 5.41) is 0. The molecule has 1 atom stereocenters. The monoisotopic (exact) mass is 403 g/mol. The summed E-state index contributed by atoms with van der Waals surface area (Å²) in [6, 6.07) is 9.13. The van der Waals surface area contributed by atoms with E-state index in [0.29, 0.717) is 12.6 Å². The van der Waals surface area contributed by atoms with Crippen LogP contribution in [0.25, 0.3) is 0 Å². The topological polar surface area (TPSA) is 19.4 Å². The quantitative estimate of drug-likeness (QED) is 0.647. The maximum absolute atomic E-state index is 13.4. The Balaban J connectivity index is 1.89. The van der Waals surface area contributed by atoms with Crippen LogP contribution < -0.4 is 9.80 Å². The molecule has 1 saturated heterocycles. The lowest BCUT2D eigenvalue weighted by Gasteiger charge is -2.42. The van der Waals surface area contributed by atoms with Crippen LogP contribution >= 0.6 is 0 Å². The van der Waals surface area contributed by atoms with Crippen LogP contribution in [0.2, 0.25) is 0 Å². The minimum atomic E-state index is -4.98. The summed E-state index contributed by atoms with van der Waals surface area (Å²) in [4.78, 5) is 6.43. The summed E-state index contributed by atoms with van der Waals surface area (Å²) in [5.74, 6) is 0. The van der Waals surface area contributed by atoms with Crippen molar-refractivity contribution in [2.24, 2.45) is 0 Å². The van der Waals surface area contributed by atoms with Gasteiger partial charge in [-0.05, 0) is 43.7 Å². The summed E-state index contributed by atoms with van der Waals surface area (Å²) in [6.07, 6.45) is -9.91. The third kappa shape index (κ3) is 4.18. The fraction of sp³-hybridized carbons (Fsp3) is 0.421. The predicted molar refractivity (Wildman–Crippen MR) is 94.4 cm³/mol. The van der Waals surface area contributed by atoms with Crippen LogP contribution in [-0.2, 0) is 12.4 Å². The normalized spacial score (nSPS) is 18.5. The summed E-state index contributed by atoms with van der Waals surface area (Å²) in [5.41, 5.74) is -1.34. The zero-order valence-corrected chi connectivity index (χ0v) is 15.3. The summed E-state index contributed by atoms with van der Waals surface area (Å²) < 4.78 is 78.6. The van der Waals surface area contributed by atoms with Crippen molar-refractivity contribution in [1.29, 1.82) is 0 Å². The zero-order valence-electron chi connectivity index (χ0n) is 15.3. The number of alkyl halides is 6. The van der Waals surface area contributed by atoms with Crippen molar-refractivity contribution in [3.63, 3.8) is 0 Å². The highest BCUT2D eigenvalue weighted by atomic mass is 19.4. The van der Waals surface area contributed by atoms with Crippen molar-refractivity contribution < 1.29 is 26.3 Å². The third-order valence-electron chi connectivity index (χ3n) is 4.73.